The van der Waals surface area contributed by atoms with Crippen molar-refractivity contribution in [2.24, 2.45) is 5.92 Å². The quantitative estimate of drug-likeness (QED) is 0.348. The standard InChI is InChI=1S/C26H29F3N2O5/c1-6-36-16(2)21(14-8-17-7-13-20(34-4)15-22(17)35-5)25(3)23(32)31(24(33)30-25)19-11-9-18(10-12-19)26(27,28)29/h7,9-13,15,21H,2,6,8,14H2,1,3-5H3,(H,30,33). The first-order valence-electron chi connectivity index (χ1n) is 11.3. The Bertz CT molecular complexity index is 1130. The van der Waals surface area contributed by atoms with Gasteiger partial charge in [-0.2, -0.15) is 13.2 Å². The van der Waals surface area contributed by atoms with Crippen LogP contribution in [0.4, 0.5) is 23.7 Å². The summed E-state index contributed by atoms with van der Waals surface area (Å²) in [6.45, 7) is 7.65. The molecular weight excluding hydrogens is 477 g/mol. The Kier molecular flexibility index (Phi) is 7.86. The molecule has 1 saturated heterocycles. The van der Waals surface area contributed by atoms with E-state index in [0.717, 1.165) is 34.7 Å². The number of alkyl halides is 3. The number of ether oxygens (including phenoxy) is 3. The molecule has 1 aliphatic heterocycles. The van der Waals surface area contributed by atoms with Crippen molar-refractivity contribution >= 4 is 17.6 Å². The molecule has 194 valence electrons. The van der Waals surface area contributed by atoms with Crippen LogP contribution in [0.5, 0.6) is 11.5 Å². The largest absolute Gasteiger partial charge is 0.498 e. The first-order valence-corrected chi connectivity index (χ1v) is 11.3. The van der Waals surface area contributed by atoms with Crippen molar-refractivity contribution in [1.82, 2.24) is 5.32 Å². The number of anilines is 1. The summed E-state index contributed by atoms with van der Waals surface area (Å²) in [6, 6.07) is 8.51. The Morgan fingerprint density at radius 3 is 2.33 bits per heavy atom. The number of nitrogens with zero attached hydrogens (tertiary/aromatic N) is 1. The van der Waals surface area contributed by atoms with E-state index in [2.05, 4.69) is 11.9 Å². The van der Waals surface area contributed by atoms with Gasteiger partial charge in [0.2, 0.25) is 0 Å². The van der Waals surface area contributed by atoms with Crippen LogP contribution in [-0.2, 0) is 22.1 Å². The predicted molar refractivity (Wildman–Crippen MR) is 128 cm³/mol. The fraction of sp³-hybridized carbons (Fsp3) is 0.385. The highest BCUT2D eigenvalue weighted by atomic mass is 19.4. The minimum Gasteiger partial charge on any atom is -0.498 e. The maximum atomic E-state index is 13.6. The molecule has 0 radical (unpaired) electrons. The molecule has 2 aromatic carbocycles. The van der Waals surface area contributed by atoms with Crippen molar-refractivity contribution in [3.05, 3.63) is 65.9 Å². The number of nitrogens with one attached hydrogen (secondary N) is 1. The average Bonchev–Trinajstić information content (AvgIpc) is 3.07. The van der Waals surface area contributed by atoms with E-state index in [9.17, 15) is 22.8 Å². The molecule has 1 fully saturated rings. The molecule has 36 heavy (non-hydrogen) atoms. The van der Waals surface area contributed by atoms with Gasteiger partial charge in [-0.15, -0.1) is 0 Å². The Balaban J connectivity index is 1.90. The molecule has 1 heterocycles. The van der Waals surface area contributed by atoms with Crippen LogP contribution in [0.25, 0.3) is 0 Å². The van der Waals surface area contributed by atoms with Crippen LogP contribution in [0.2, 0.25) is 0 Å². The van der Waals surface area contributed by atoms with Gasteiger partial charge in [0.05, 0.1) is 37.8 Å². The number of hydrogen-bond acceptors (Lipinski definition) is 5. The summed E-state index contributed by atoms with van der Waals surface area (Å²) in [4.78, 5) is 27.3. The van der Waals surface area contributed by atoms with Crippen LogP contribution in [0, 0.1) is 5.92 Å². The van der Waals surface area contributed by atoms with Gasteiger partial charge in [0.25, 0.3) is 5.91 Å². The van der Waals surface area contributed by atoms with E-state index in [1.807, 2.05) is 6.07 Å². The third-order valence-corrected chi connectivity index (χ3v) is 6.28. The highest BCUT2D eigenvalue weighted by Crippen LogP contribution is 2.38. The minimum atomic E-state index is -4.53. The summed E-state index contributed by atoms with van der Waals surface area (Å²) in [5.74, 6) is 0.298. The zero-order valence-corrected chi connectivity index (χ0v) is 20.6. The number of benzene rings is 2. The average molecular weight is 507 g/mol. The minimum absolute atomic E-state index is 0.0341. The first-order chi connectivity index (χ1) is 17.0. The Hall–Kier alpha value is -3.69. The molecular formula is C26H29F3N2O5. The van der Waals surface area contributed by atoms with Crippen molar-refractivity contribution in [3.63, 3.8) is 0 Å². The van der Waals surface area contributed by atoms with Gasteiger partial charge in [0.15, 0.2) is 0 Å². The molecule has 3 rings (SSSR count). The summed E-state index contributed by atoms with van der Waals surface area (Å²) in [6.07, 6.45) is -3.71. The van der Waals surface area contributed by atoms with Crippen molar-refractivity contribution < 1.29 is 37.0 Å². The normalized spacial score (nSPS) is 18.6. The topological polar surface area (TPSA) is 77.1 Å². The van der Waals surface area contributed by atoms with E-state index in [4.69, 9.17) is 14.2 Å². The molecule has 2 unspecified atom stereocenters. The highest BCUT2D eigenvalue weighted by molar-refractivity contribution is 6.23. The molecule has 0 bridgehead atoms. The number of aryl methyl sites for hydroxylation is 1. The van der Waals surface area contributed by atoms with Crippen molar-refractivity contribution in [2.75, 3.05) is 25.7 Å². The summed E-state index contributed by atoms with van der Waals surface area (Å²) in [5, 5.41) is 2.72. The van der Waals surface area contributed by atoms with E-state index in [0.29, 0.717) is 36.7 Å². The van der Waals surface area contributed by atoms with Gasteiger partial charge in [-0.3, -0.25) is 4.79 Å². The number of halogens is 3. The molecule has 0 saturated carbocycles. The zero-order chi connectivity index (χ0) is 26.7. The summed E-state index contributed by atoms with van der Waals surface area (Å²) in [7, 11) is 3.09. The molecule has 2 aromatic rings. The van der Waals surface area contributed by atoms with Gasteiger partial charge < -0.3 is 19.5 Å². The lowest BCUT2D eigenvalue weighted by Crippen LogP contribution is -2.51. The van der Waals surface area contributed by atoms with E-state index in [1.54, 1.807) is 40.2 Å². The predicted octanol–water partition coefficient (Wildman–Crippen LogP) is 5.34. The van der Waals surface area contributed by atoms with Crippen LogP contribution < -0.4 is 19.7 Å². The number of imide groups is 1. The maximum absolute atomic E-state index is 13.6. The summed E-state index contributed by atoms with van der Waals surface area (Å²) in [5.41, 5.74) is -1.43. The van der Waals surface area contributed by atoms with Crippen LogP contribution in [0.3, 0.4) is 0 Å². The van der Waals surface area contributed by atoms with E-state index >= 15 is 0 Å². The third kappa shape index (κ3) is 5.27. The van der Waals surface area contributed by atoms with Crippen molar-refractivity contribution in [2.45, 2.75) is 38.4 Å². The van der Waals surface area contributed by atoms with Gasteiger partial charge in [0, 0.05) is 12.0 Å². The lowest BCUT2D eigenvalue weighted by atomic mass is 9.80. The number of carbonyl (C=O) groups is 2. The van der Waals surface area contributed by atoms with Crippen LogP contribution >= 0.6 is 0 Å². The van der Waals surface area contributed by atoms with Gasteiger partial charge >= 0.3 is 12.2 Å². The molecule has 7 nitrogen and oxygen atoms in total. The molecule has 1 aliphatic rings. The summed E-state index contributed by atoms with van der Waals surface area (Å²) >= 11 is 0. The Morgan fingerprint density at radius 1 is 1.11 bits per heavy atom. The van der Waals surface area contributed by atoms with Crippen LogP contribution in [0.1, 0.15) is 31.4 Å². The first kappa shape index (κ1) is 26.9. The smallest absolute Gasteiger partial charge is 0.416 e. The number of hydrogen-bond donors (Lipinski definition) is 1. The van der Waals surface area contributed by atoms with Gasteiger partial charge in [-0.1, -0.05) is 12.6 Å². The Morgan fingerprint density at radius 2 is 1.78 bits per heavy atom. The number of rotatable bonds is 10. The monoisotopic (exact) mass is 506 g/mol. The zero-order valence-electron chi connectivity index (χ0n) is 20.6. The molecule has 10 heteroatoms. The lowest BCUT2D eigenvalue weighted by molar-refractivity contribution is -0.137. The van der Waals surface area contributed by atoms with Crippen molar-refractivity contribution in [3.8, 4) is 11.5 Å². The third-order valence-electron chi connectivity index (χ3n) is 6.28. The number of urea groups is 1. The Labute approximate surface area is 207 Å². The molecule has 3 amide bonds. The molecule has 0 spiro atoms. The van der Waals surface area contributed by atoms with Crippen LogP contribution in [0.15, 0.2) is 54.8 Å². The van der Waals surface area contributed by atoms with E-state index in [1.165, 1.54) is 0 Å². The van der Waals surface area contributed by atoms with E-state index in [-0.39, 0.29) is 5.69 Å². The maximum Gasteiger partial charge on any atom is 0.416 e. The summed E-state index contributed by atoms with van der Waals surface area (Å²) < 4.78 is 55.2. The van der Waals surface area contributed by atoms with Gasteiger partial charge in [0.1, 0.15) is 17.0 Å². The molecule has 0 aromatic heterocycles. The SMILES string of the molecule is C=C(OCC)C(CCc1ccc(OC)cc1OC)C1(C)NC(=O)N(c2ccc(C(F)(F)F)cc2)C1=O. The fourth-order valence-corrected chi connectivity index (χ4v) is 4.34. The second kappa shape index (κ2) is 10.5. The highest BCUT2D eigenvalue weighted by Gasteiger charge is 2.54. The molecule has 1 N–H and O–H groups in total. The van der Waals surface area contributed by atoms with Crippen LogP contribution in [-0.4, -0.2) is 38.3 Å². The molecule has 0 aliphatic carbocycles. The number of amides is 3. The van der Waals surface area contributed by atoms with Crippen molar-refractivity contribution in [1.29, 1.82) is 0 Å². The van der Waals surface area contributed by atoms with Gasteiger partial charge in [-0.05, 0) is 62.6 Å². The second-order valence-corrected chi connectivity index (χ2v) is 8.49. The van der Waals surface area contributed by atoms with E-state index < -0.39 is 35.1 Å². The lowest BCUT2D eigenvalue weighted by Gasteiger charge is -2.33. The molecule has 2 atom stereocenters. The second-order valence-electron chi connectivity index (χ2n) is 8.49. The number of carbonyl (C=O) groups excluding carboxylic acids is 2. The number of methoxy groups -OCH3 is 2. The fourth-order valence-electron chi connectivity index (χ4n) is 4.34. The van der Waals surface area contributed by atoms with Gasteiger partial charge in [-0.25, -0.2) is 9.69 Å².